The molecule has 0 atom stereocenters. The summed E-state index contributed by atoms with van der Waals surface area (Å²) in [7, 11) is 1.64. The highest BCUT2D eigenvalue weighted by molar-refractivity contribution is 7.98. The van der Waals surface area contributed by atoms with E-state index in [1.165, 1.54) is 23.1 Å². The molecular weight excluding hydrogens is 368 g/mol. The summed E-state index contributed by atoms with van der Waals surface area (Å²) in [5, 5.41) is 12.3. The normalized spacial score (nSPS) is 10.7. The molecule has 136 valence electrons. The summed E-state index contributed by atoms with van der Waals surface area (Å²) in [5.74, 6) is 1.55. The number of methoxy groups -OCH3 is 1. The van der Waals surface area contributed by atoms with Crippen LogP contribution in [-0.4, -0.2) is 40.6 Å². The average Bonchev–Trinajstić information content (AvgIpc) is 3.28. The molecule has 0 fully saturated rings. The van der Waals surface area contributed by atoms with Gasteiger partial charge in [0.25, 0.3) is 5.91 Å². The van der Waals surface area contributed by atoms with Gasteiger partial charge in [-0.15, -0.1) is 21.5 Å². The second-order valence-corrected chi connectivity index (χ2v) is 7.61. The van der Waals surface area contributed by atoms with Crippen molar-refractivity contribution in [2.75, 3.05) is 19.9 Å². The molecule has 2 aromatic heterocycles. The molecule has 26 heavy (non-hydrogen) atoms. The summed E-state index contributed by atoms with van der Waals surface area (Å²) in [6.07, 6.45) is 2.56. The van der Waals surface area contributed by atoms with Gasteiger partial charge in [-0.2, -0.15) is 0 Å². The van der Waals surface area contributed by atoms with Crippen LogP contribution in [0.15, 0.2) is 41.6 Å². The van der Waals surface area contributed by atoms with Gasteiger partial charge in [0.05, 0.1) is 12.0 Å². The number of nitrogens with one attached hydrogen (secondary N) is 1. The predicted octanol–water partition coefficient (Wildman–Crippen LogP) is 3.34. The summed E-state index contributed by atoms with van der Waals surface area (Å²) >= 11 is 3.03. The van der Waals surface area contributed by atoms with Gasteiger partial charge in [0.15, 0.2) is 5.16 Å². The zero-order valence-electron chi connectivity index (χ0n) is 14.9. The first-order valence-corrected chi connectivity index (χ1v) is 10.1. The molecule has 0 aliphatic heterocycles. The summed E-state index contributed by atoms with van der Waals surface area (Å²) in [6.45, 7) is 2.49. The van der Waals surface area contributed by atoms with Crippen LogP contribution in [0.4, 0.5) is 0 Å². The van der Waals surface area contributed by atoms with Crippen molar-refractivity contribution >= 4 is 29.0 Å². The zero-order chi connectivity index (χ0) is 18.5. The van der Waals surface area contributed by atoms with Crippen LogP contribution >= 0.6 is 23.1 Å². The lowest BCUT2D eigenvalue weighted by Gasteiger charge is -2.10. The van der Waals surface area contributed by atoms with Crippen LogP contribution in [-0.2, 0) is 6.42 Å². The molecule has 0 unspecified atom stereocenters. The number of ether oxygens (including phenoxy) is 1. The number of amides is 1. The van der Waals surface area contributed by atoms with Crippen molar-refractivity contribution in [3.8, 4) is 11.4 Å². The number of aromatic nitrogens is 3. The number of thiophene rings is 1. The number of hydrogen-bond acceptors (Lipinski definition) is 6. The van der Waals surface area contributed by atoms with E-state index in [2.05, 4.69) is 15.5 Å². The largest absolute Gasteiger partial charge is 0.497 e. The third-order valence-corrected chi connectivity index (χ3v) is 5.44. The van der Waals surface area contributed by atoms with Crippen molar-refractivity contribution in [2.24, 2.45) is 0 Å². The molecule has 0 radical (unpaired) electrons. The van der Waals surface area contributed by atoms with Crippen LogP contribution in [0.1, 0.15) is 20.4 Å². The first-order chi connectivity index (χ1) is 12.6. The first kappa shape index (κ1) is 18.5. The fraction of sp³-hybridized carbons (Fsp3) is 0.278. The van der Waals surface area contributed by atoms with Crippen molar-refractivity contribution in [1.82, 2.24) is 20.1 Å². The maximum Gasteiger partial charge on any atom is 0.261 e. The number of carbonyl (C=O) groups excluding carboxylic acids is 1. The molecule has 2 heterocycles. The molecule has 0 spiro atoms. The topological polar surface area (TPSA) is 69.0 Å². The Morgan fingerprint density at radius 1 is 1.23 bits per heavy atom. The second kappa shape index (κ2) is 8.37. The van der Waals surface area contributed by atoms with E-state index in [4.69, 9.17) is 4.74 Å². The highest BCUT2D eigenvalue weighted by Gasteiger charge is 2.14. The first-order valence-electron chi connectivity index (χ1n) is 8.09. The molecule has 3 rings (SSSR count). The van der Waals surface area contributed by atoms with Crippen LogP contribution in [0.5, 0.6) is 5.75 Å². The molecular formula is C18H20N4O2S2. The Kier molecular flexibility index (Phi) is 5.95. The molecule has 0 saturated heterocycles. The van der Waals surface area contributed by atoms with Crippen molar-refractivity contribution in [1.29, 1.82) is 0 Å². The van der Waals surface area contributed by atoms with Crippen LogP contribution < -0.4 is 10.1 Å². The molecule has 0 saturated carbocycles. The van der Waals surface area contributed by atoms with Gasteiger partial charge in [0.1, 0.15) is 11.6 Å². The van der Waals surface area contributed by atoms with E-state index >= 15 is 0 Å². The van der Waals surface area contributed by atoms with Crippen LogP contribution in [0.3, 0.4) is 0 Å². The van der Waals surface area contributed by atoms with Crippen molar-refractivity contribution in [3.05, 3.63) is 52.0 Å². The van der Waals surface area contributed by atoms with Crippen LogP contribution in [0.2, 0.25) is 0 Å². The van der Waals surface area contributed by atoms with Crippen LogP contribution in [0, 0.1) is 6.92 Å². The number of benzene rings is 1. The lowest BCUT2D eigenvalue weighted by molar-refractivity contribution is 0.0958. The number of thioether (sulfide) groups is 1. The average molecular weight is 389 g/mol. The highest BCUT2D eigenvalue weighted by Crippen LogP contribution is 2.22. The van der Waals surface area contributed by atoms with Gasteiger partial charge in [-0.25, -0.2) is 0 Å². The molecule has 0 bridgehead atoms. The summed E-state index contributed by atoms with van der Waals surface area (Å²) in [6, 6.07) is 11.6. The van der Waals surface area contributed by atoms with E-state index in [9.17, 15) is 4.79 Å². The van der Waals surface area contributed by atoms with Crippen LogP contribution in [0.25, 0.3) is 5.69 Å². The van der Waals surface area contributed by atoms with Gasteiger partial charge in [0.2, 0.25) is 0 Å². The number of carbonyl (C=O) groups is 1. The SMILES string of the molecule is COc1ccc(-n2c(CCNC(=O)c3ccc(C)s3)nnc2SC)cc1. The molecule has 8 heteroatoms. The van der Waals surface area contributed by atoms with Gasteiger partial charge in [-0.1, -0.05) is 11.8 Å². The van der Waals surface area contributed by atoms with Gasteiger partial charge in [-0.3, -0.25) is 9.36 Å². The molecule has 3 aromatic rings. The minimum Gasteiger partial charge on any atom is -0.497 e. The molecule has 0 aliphatic carbocycles. The fourth-order valence-corrected chi connectivity index (χ4v) is 3.82. The minimum absolute atomic E-state index is 0.0521. The Bertz CT molecular complexity index is 887. The van der Waals surface area contributed by atoms with E-state index in [1.807, 2.05) is 54.1 Å². The lowest BCUT2D eigenvalue weighted by atomic mass is 10.3. The van der Waals surface area contributed by atoms with E-state index in [1.54, 1.807) is 7.11 Å². The smallest absolute Gasteiger partial charge is 0.261 e. The van der Waals surface area contributed by atoms with Crippen molar-refractivity contribution < 1.29 is 9.53 Å². The van der Waals surface area contributed by atoms with E-state index in [0.717, 1.165) is 32.2 Å². The summed E-state index contributed by atoms with van der Waals surface area (Å²) in [4.78, 5) is 14.0. The Hall–Kier alpha value is -2.32. The number of hydrogen-bond donors (Lipinski definition) is 1. The number of aryl methyl sites for hydroxylation is 1. The van der Waals surface area contributed by atoms with E-state index in [0.29, 0.717) is 13.0 Å². The Morgan fingerprint density at radius 2 is 2.00 bits per heavy atom. The van der Waals surface area contributed by atoms with Gasteiger partial charge in [-0.05, 0) is 49.6 Å². The fourth-order valence-electron chi connectivity index (χ4n) is 2.52. The standard InChI is InChI=1S/C18H20N4O2S2/c1-12-4-9-15(26-12)17(23)19-11-10-16-20-21-18(25-3)22(16)13-5-7-14(24-2)8-6-13/h4-9H,10-11H2,1-3H3,(H,19,23). The van der Waals surface area contributed by atoms with E-state index < -0.39 is 0 Å². The van der Waals surface area contributed by atoms with Gasteiger partial charge < -0.3 is 10.1 Å². The Balaban J connectivity index is 1.71. The van der Waals surface area contributed by atoms with Gasteiger partial charge in [0, 0.05) is 23.5 Å². The third-order valence-electron chi connectivity index (χ3n) is 3.81. The van der Waals surface area contributed by atoms with E-state index in [-0.39, 0.29) is 5.91 Å². The molecule has 6 nitrogen and oxygen atoms in total. The van der Waals surface area contributed by atoms with Crippen molar-refractivity contribution in [3.63, 3.8) is 0 Å². The highest BCUT2D eigenvalue weighted by atomic mass is 32.2. The summed E-state index contributed by atoms with van der Waals surface area (Å²) < 4.78 is 7.22. The van der Waals surface area contributed by atoms with Crippen molar-refractivity contribution in [2.45, 2.75) is 18.5 Å². The Labute approximate surface area is 160 Å². The maximum atomic E-state index is 12.2. The number of rotatable bonds is 7. The maximum absolute atomic E-state index is 12.2. The monoisotopic (exact) mass is 388 g/mol. The molecule has 1 N–H and O–H groups in total. The minimum atomic E-state index is -0.0521. The van der Waals surface area contributed by atoms with Gasteiger partial charge >= 0.3 is 0 Å². The molecule has 0 aliphatic rings. The third kappa shape index (κ3) is 4.08. The zero-order valence-corrected chi connectivity index (χ0v) is 16.5. The predicted molar refractivity (Wildman–Crippen MR) is 105 cm³/mol. The summed E-state index contributed by atoms with van der Waals surface area (Å²) in [5.41, 5.74) is 0.968. The quantitative estimate of drug-likeness (QED) is 0.629. The molecule has 1 aromatic carbocycles. The second-order valence-electron chi connectivity index (χ2n) is 5.55. The number of nitrogens with zero attached hydrogens (tertiary/aromatic N) is 3. The molecule has 1 amide bonds. The lowest BCUT2D eigenvalue weighted by Crippen LogP contribution is -2.25. The Morgan fingerprint density at radius 3 is 2.62 bits per heavy atom.